The first-order chi connectivity index (χ1) is 9.54. The van der Waals surface area contributed by atoms with Crippen molar-refractivity contribution >= 4 is 11.9 Å². The van der Waals surface area contributed by atoms with E-state index in [4.69, 9.17) is 4.74 Å². The predicted molar refractivity (Wildman–Crippen MR) is 76.6 cm³/mol. The maximum atomic E-state index is 12.7. The maximum Gasteiger partial charge on any atom is 0.310 e. The molecule has 1 saturated heterocycles. The average molecular weight is 275 g/mol. The molecule has 1 aromatic rings. The van der Waals surface area contributed by atoms with E-state index in [0.29, 0.717) is 13.1 Å². The van der Waals surface area contributed by atoms with Gasteiger partial charge in [-0.2, -0.15) is 0 Å². The Balaban J connectivity index is 2.19. The van der Waals surface area contributed by atoms with E-state index in [-0.39, 0.29) is 17.8 Å². The third kappa shape index (κ3) is 2.84. The van der Waals surface area contributed by atoms with Gasteiger partial charge in [-0.15, -0.1) is 0 Å². The molecular weight excluding hydrogens is 254 g/mol. The molecule has 0 spiro atoms. The molecule has 1 aliphatic heterocycles. The number of nitrogens with zero attached hydrogens (tertiary/aromatic N) is 1. The smallest absolute Gasteiger partial charge is 0.310 e. The number of carbonyl (C=O) groups is 2. The Bertz CT molecular complexity index is 504. The molecule has 0 radical (unpaired) electrons. The topological polar surface area (TPSA) is 46.6 Å². The van der Waals surface area contributed by atoms with Crippen LogP contribution in [0.2, 0.25) is 0 Å². The summed E-state index contributed by atoms with van der Waals surface area (Å²) in [6.07, 6.45) is 1.64. The van der Waals surface area contributed by atoms with E-state index in [0.717, 1.165) is 29.5 Å². The molecular formula is C16H21NO3. The van der Waals surface area contributed by atoms with Crippen LogP contribution in [0.25, 0.3) is 0 Å². The molecule has 4 nitrogen and oxygen atoms in total. The number of hydrogen-bond acceptors (Lipinski definition) is 3. The number of likely N-dealkylation sites (tertiary alicyclic amines) is 1. The molecule has 0 saturated carbocycles. The Morgan fingerprint density at radius 1 is 1.25 bits per heavy atom. The summed E-state index contributed by atoms with van der Waals surface area (Å²) in [5.74, 6) is -0.389. The van der Waals surface area contributed by atoms with E-state index < -0.39 is 0 Å². The number of carbonyl (C=O) groups excluding carboxylic acids is 2. The third-order valence-electron chi connectivity index (χ3n) is 3.94. The summed E-state index contributed by atoms with van der Waals surface area (Å²) >= 11 is 0. The highest BCUT2D eigenvalue weighted by atomic mass is 16.5. The molecule has 0 aromatic heterocycles. The lowest BCUT2D eigenvalue weighted by Crippen LogP contribution is -2.43. The van der Waals surface area contributed by atoms with Crippen LogP contribution >= 0.6 is 0 Å². The van der Waals surface area contributed by atoms with Crippen molar-refractivity contribution in [2.24, 2.45) is 5.92 Å². The van der Waals surface area contributed by atoms with Crippen LogP contribution in [0.1, 0.15) is 34.3 Å². The zero-order chi connectivity index (χ0) is 14.7. The standard InChI is InChI=1S/C16H21NO3/c1-11-6-4-7-12(2)14(11)15(18)17-9-5-8-13(10-17)16(19)20-3/h4,6-7,13H,5,8-10H2,1-3H3/t13-/m0/s1. The SMILES string of the molecule is COC(=O)[C@H]1CCCN(C(=O)c2c(C)cccc2C)C1. The van der Waals surface area contributed by atoms with Crippen molar-refractivity contribution in [3.63, 3.8) is 0 Å². The van der Waals surface area contributed by atoms with E-state index >= 15 is 0 Å². The normalized spacial score (nSPS) is 18.8. The lowest BCUT2D eigenvalue weighted by Gasteiger charge is -2.32. The largest absolute Gasteiger partial charge is 0.469 e. The summed E-state index contributed by atoms with van der Waals surface area (Å²) in [6.45, 7) is 5.06. The van der Waals surface area contributed by atoms with Crippen LogP contribution in [0.4, 0.5) is 0 Å². The van der Waals surface area contributed by atoms with Crippen LogP contribution in [0.5, 0.6) is 0 Å². The summed E-state index contributed by atoms with van der Waals surface area (Å²) in [5.41, 5.74) is 2.73. The zero-order valence-electron chi connectivity index (χ0n) is 12.3. The van der Waals surface area contributed by atoms with Crippen LogP contribution in [0, 0.1) is 19.8 Å². The van der Waals surface area contributed by atoms with Crippen molar-refractivity contribution in [3.8, 4) is 0 Å². The van der Waals surface area contributed by atoms with Crippen LogP contribution in [-0.2, 0) is 9.53 Å². The number of aryl methyl sites for hydroxylation is 2. The molecule has 0 unspecified atom stereocenters. The highest BCUT2D eigenvalue weighted by Crippen LogP contribution is 2.22. The quantitative estimate of drug-likeness (QED) is 0.778. The Labute approximate surface area is 119 Å². The average Bonchev–Trinajstić information content (AvgIpc) is 2.46. The number of piperidine rings is 1. The molecule has 1 amide bonds. The maximum absolute atomic E-state index is 12.7. The Hall–Kier alpha value is -1.84. The molecule has 20 heavy (non-hydrogen) atoms. The summed E-state index contributed by atoms with van der Waals surface area (Å²) in [6, 6.07) is 5.85. The monoisotopic (exact) mass is 275 g/mol. The molecule has 1 heterocycles. The van der Waals surface area contributed by atoms with Gasteiger partial charge >= 0.3 is 5.97 Å². The van der Waals surface area contributed by atoms with Crippen LogP contribution in [0.3, 0.4) is 0 Å². The summed E-state index contributed by atoms with van der Waals surface area (Å²) in [5, 5.41) is 0. The summed E-state index contributed by atoms with van der Waals surface area (Å²) in [7, 11) is 1.40. The first kappa shape index (κ1) is 14.6. The van der Waals surface area contributed by atoms with Gasteiger partial charge in [-0.1, -0.05) is 18.2 Å². The molecule has 0 aliphatic carbocycles. The second-order valence-electron chi connectivity index (χ2n) is 5.38. The van der Waals surface area contributed by atoms with E-state index in [1.165, 1.54) is 7.11 Å². The van der Waals surface area contributed by atoms with Gasteiger partial charge in [0.2, 0.25) is 0 Å². The second kappa shape index (κ2) is 6.07. The van der Waals surface area contributed by atoms with Crippen LogP contribution in [-0.4, -0.2) is 37.0 Å². The first-order valence-electron chi connectivity index (χ1n) is 6.98. The van der Waals surface area contributed by atoms with Crippen molar-refractivity contribution in [2.75, 3.05) is 20.2 Å². The van der Waals surface area contributed by atoms with Crippen molar-refractivity contribution < 1.29 is 14.3 Å². The minimum Gasteiger partial charge on any atom is -0.469 e. The fourth-order valence-corrected chi connectivity index (χ4v) is 2.83. The molecule has 1 aromatic carbocycles. The molecule has 4 heteroatoms. The van der Waals surface area contributed by atoms with Crippen molar-refractivity contribution in [2.45, 2.75) is 26.7 Å². The minimum atomic E-state index is -0.219. The Kier molecular flexibility index (Phi) is 4.42. The number of benzene rings is 1. The number of amides is 1. The second-order valence-corrected chi connectivity index (χ2v) is 5.38. The Morgan fingerprint density at radius 3 is 2.50 bits per heavy atom. The van der Waals surface area contributed by atoms with Gasteiger partial charge < -0.3 is 9.64 Å². The van der Waals surface area contributed by atoms with Crippen molar-refractivity contribution in [3.05, 3.63) is 34.9 Å². The molecule has 108 valence electrons. The van der Waals surface area contributed by atoms with Crippen LogP contribution in [0.15, 0.2) is 18.2 Å². The van der Waals surface area contributed by atoms with Gasteiger partial charge in [-0.25, -0.2) is 0 Å². The molecule has 1 aliphatic rings. The summed E-state index contributed by atoms with van der Waals surface area (Å²) in [4.78, 5) is 26.1. The fraction of sp³-hybridized carbons (Fsp3) is 0.500. The van der Waals surface area contributed by atoms with Gasteiger partial charge in [0.15, 0.2) is 0 Å². The number of rotatable bonds is 2. The molecule has 0 N–H and O–H groups in total. The third-order valence-corrected chi connectivity index (χ3v) is 3.94. The van der Waals surface area contributed by atoms with Crippen LogP contribution < -0.4 is 0 Å². The highest BCUT2D eigenvalue weighted by Gasteiger charge is 2.30. The van der Waals surface area contributed by atoms with Gasteiger partial charge in [-0.3, -0.25) is 9.59 Å². The molecule has 0 bridgehead atoms. The van der Waals surface area contributed by atoms with Crippen molar-refractivity contribution in [1.82, 2.24) is 4.90 Å². The van der Waals surface area contributed by atoms with E-state index in [9.17, 15) is 9.59 Å². The van der Waals surface area contributed by atoms with E-state index in [1.807, 2.05) is 32.0 Å². The van der Waals surface area contributed by atoms with E-state index in [2.05, 4.69) is 0 Å². The number of ether oxygens (including phenoxy) is 1. The van der Waals surface area contributed by atoms with Crippen molar-refractivity contribution in [1.29, 1.82) is 0 Å². The Morgan fingerprint density at radius 2 is 1.90 bits per heavy atom. The summed E-state index contributed by atoms with van der Waals surface area (Å²) < 4.78 is 4.79. The zero-order valence-corrected chi connectivity index (χ0v) is 12.3. The van der Waals surface area contributed by atoms with Gasteiger partial charge in [-0.05, 0) is 37.8 Å². The minimum absolute atomic E-state index is 0.0224. The first-order valence-corrected chi connectivity index (χ1v) is 6.98. The van der Waals surface area contributed by atoms with Gasteiger partial charge in [0, 0.05) is 18.7 Å². The number of hydrogen-bond donors (Lipinski definition) is 0. The van der Waals surface area contributed by atoms with Gasteiger partial charge in [0.25, 0.3) is 5.91 Å². The highest BCUT2D eigenvalue weighted by molar-refractivity contribution is 5.97. The predicted octanol–water partition coefficient (Wildman–Crippen LogP) is 2.33. The fourth-order valence-electron chi connectivity index (χ4n) is 2.83. The molecule has 1 atom stereocenters. The lowest BCUT2D eigenvalue weighted by atomic mass is 9.95. The number of esters is 1. The number of methoxy groups -OCH3 is 1. The lowest BCUT2D eigenvalue weighted by molar-refractivity contribution is -0.146. The van der Waals surface area contributed by atoms with Gasteiger partial charge in [0.05, 0.1) is 13.0 Å². The molecule has 2 rings (SSSR count). The van der Waals surface area contributed by atoms with E-state index in [1.54, 1.807) is 4.90 Å². The molecule has 1 fully saturated rings. The van der Waals surface area contributed by atoms with Gasteiger partial charge in [0.1, 0.15) is 0 Å².